The highest BCUT2D eigenvalue weighted by Crippen LogP contribution is 2.24. The van der Waals surface area contributed by atoms with Gasteiger partial charge >= 0.3 is 0 Å². The van der Waals surface area contributed by atoms with Crippen molar-refractivity contribution in [1.82, 2.24) is 19.7 Å². The molecule has 0 spiro atoms. The first-order valence-electron chi connectivity index (χ1n) is 4.46. The van der Waals surface area contributed by atoms with E-state index >= 15 is 0 Å². The average Bonchev–Trinajstić information content (AvgIpc) is 2.66. The topological polar surface area (TPSA) is 69.6 Å². The van der Waals surface area contributed by atoms with Crippen molar-refractivity contribution in [2.24, 2.45) is 12.8 Å². The highest BCUT2D eigenvalue weighted by atomic mass is 32.2. The van der Waals surface area contributed by atoms with Crippen LogP contribution in [-0.2, 0) is 13.6 Å². The number of hydrogen-bond donors (Lipinski definition) is 1. The van der Waals surface area contributed by atoms with Gasteiger partial charge in [0.15, 0.2) is 5.16 Å². The van der Waals surface area contributed by atoms with Gasteiger partial charge in [0.2, 0.25) is 0 Å². The Morgan fingerprint density at radius 3 is 2.87 bits per heavy atom. The molecule has 0 saturated carbocycles. The van der Waals surface area contributed by atoms with Gasteiger partial charge in [0.1, 0.15) is 6.33 Å². The second-order valence-corrected chi connectivity index (χ2v) is 4.06. The van der Waals surface area contributed by atoms with Crippen LogP contribution in [0.1, 0.15) is 5.69 Å². The first-order chi connectivity index (χ1) is 7.29. The van der Waals surface area contributed by atoms with E-state index in [9.17, 15) is 0 Å². The van der Waals surface area contributed by atoms with Gasteiger partial charge in [-0.3, -0.25) is 4.98 Å². The smallest absolute Gasteiger partial charge is 0.195 e. The van der Waals surface area contributed by atoms with Crippen LogP contribution in [0.15, 0.2) is 34.7 Å². The zero-order chi connectivity index (χ0) is 10.7. The van der Waals surface area contributed by atoms with Crippen molar-refractivity contribution in [2.45, 2.75) is 16.6 Å². The van der Waals surface area contributed by atoms with E-state index in [1.165, 1.54) is 11.8 Å². The zero-order valence-electron chi connectivity index (χ0n) is 8.29. The van der Waals surface area contributed by atoms with Gasteiger partial charge in [-0.25, -0.2) is 0 Å². The van der Waals surface area contributed by atoms with E-state index in [-0.39, 0.29) is 0 Å². The summed E-state index contributed by atoms with van der Waals surface area (Å²) in [5.41, 5.74) is 6.35. The summed E-state index contributed by atoms with van der Waals surface area (Å²) in [4.78, 5) is 5.23. The number of aromatic nitrogens is 4. The van der Waals surface area contributed by atoms with E-state index in [1.54, 1.807) is 12.5 Å². The Hall–Kier alpha value is -1.40. The van der Waals surface area contributed by atoms with Crippen LogP contribution in [0.4, 0.5) is 0 Å². The number of rotatable bonds is 3. The van der Waals surface area contributed by atoms with Crippen LogP contribution >= 0.6 is 11.8 Å². The Morgan fingerprint density at radius 2 is 2.33 bits per heavy atom. The van der Waals surface area contributed by atoms with E-state index in [0.29, 0.717) is 6.54 Å². The van der Waals surface area contributed by atoms with Gasteiger partial charge in [-0.2, -0.15) is 0 Å². The molecular formula is C9H11N5S. The first kappa shape index (κ1) is 10.1. The summed E-state index contributed by atoms with van der Waals surface area (Å²) in [7, 11) is 1.91. The predicted molar refractivity (Wildman–Crippen MR) is 57.3 cm³/mol. The Balaban J connectivity index is 2.14. The van der Waals surface area contributed by atoms with Crippen molar-refractivity contribution in [3.05, 3.63) is 30.4 Å². The molecule has 0 aromatic carbocycles. The van der Waals surface area contributed by atoms with E-state index in [1.807, 2.05) is 23.7 Å². The molecule has 2 N–H and O–H groups in total. The van der Waals surface area contributed by atoms with Crippen LogP contribution in [-0.4, -0.2) is 19.7 Å². The second-order valence-electron chi connectivity index (χ2n) is 3.02. The van der Waals surface area contributed by atoms with Gasteiger partial charge in [-0.15, -0.1) is 10.2 Å². The van der Waals surface area contributed by atoms with E-state index < -0.39 is 0 Å². The molecule has 0 unspecified atom stereocenters. The lowest BCUT2D eigenvalue weighted by Gasteiger charge is -2.00. The maximum absolute atomic E-state index is 5.46. The Kier molecular flexibility index (Phi) is 2.98. The molecule has 0 fully saturated rings. The Labute approximate surface area is 91.7 Å². The molecule has 2 aromatic rings. The molecule has 0 radical (unpaired) electrons. The zero-order valence-corrected chi connectivity index (χ0v) is 9.11. The maximum atomic E-state index is 5.46. The van der Waals surface area contributed by atoms with Crippen molar-refractivity contribution in [2.75, 3.05) is 0 Å². The van der Waals surface area contributed by atoms with Gasteiger partial charge in [-0.1, -0.05) is 0 Å². The normalized spacial score (nSPS) is 10.5. The van der Waals surface area contributed by atoms with Crippen molar-refractivity contribution in [3.63, 3.8) is 0 Å². The Bertz CT molecular complexity index is 436. The minimum atomic E-state index is 0.467. The fourth-order valence-electron chi connectivity index (χ4n) is 1.06. The van der Waals surface area contributed by atoms with Crippen molar-refractivity contribution >= 4 is 11.8 Å². The molecule has 0 amide bonds. The van der Waals surface area contributed by atoms with Crippen molar-refractivity contribution in [3.8, 4) is 0 Å². The number of nitrogens with two attached hydrogens (primary N) is 1. The van der Waals surface area contributed by atoms with Crippen LogP contribution in [0.2, 0.25) is 0 Å². The highest BCUT2D eigenvalue weighted by Gasteiger charge is 2.03. The molecular weight excluding hydrogens is 210 g/mol. The molecule has 0 aliphatic rings. The number of pyridine rings is 1. The molecule has 2 heterocycles. The third-order valence-electron chi connectivity index (χ3n) is 1.89. The molecule has 0 bridgehead atoms. The summed E-state index contributed by atoms with van der Waals surface area (Å²) < 4.78 is 1.86. The van der Waals surface area contributed by atoms with Crippen LogP contribution in [0.3, 0.4) is 0 Å². The molecule has 5 nitrogen and oxygen atoms in total. The number of nitrogens with zero attached hydrogens (tertiary/aromatic N) is 4. The Morgan fingerprint density at radius 1 is 1.47 bits per heavy atom. The SMILES string of the molecule is Cn1cnnc1Sc1ccc(CN)nc1. The summed E-state index contributed by atoms with van der Waals surface area (Å²) in [6.07, 6.45) is 3.46. The van der Waals surface area contributed by atoms with E-state index in [4.69, 9.17) is 5.73 Å². The number of aryl methyl sites for hydroxylation is 1. The molecule has 6 heteroatoms. The third-order valence-corrected chi connectivity index (χ3v) is 2.92. The molecule has 15 heavy (non-hydrogen) atoms. The minimum Gasteiger partial charge on any atom is -0.325 e. The summed E-state index contributed by atoms with van der Waals surface area (Å²) >= 11 is 1.53. The van der Waals surface area contributed by atoms with Crippen LogP contribution in [0.25, 0.3) is 0 Å². The average molecular weight is 221 g/mol. The molecule has 2 rings (SSSR count). The summed E-state index contributed by atoms with van der Waals surface area (Å²) in [5, 5.41) is 8.63. The lowest BCUT2D eigenvalue weighted by Crippen LogP contribution is -1.98. The highest BCUT2D eigenvalue weighted by molar-refractivity contribution is 7.99. The van der Waals surface area contributed by atoms with Crippen molar-refractivity contribution in [1.29, 1.82) is 0 Å². The van der Waals surface area contributed by atoms with Gasteiger partial charge in [-0.05, 0) is 23.9 Å². The van der Waals surface area contributed by atoms with Gasteiger partial charge in [0, 0.05) is 24.7 Å². The van der Waals surface area contributed by atoms with Crippen LogP contribution in [0.5, 0.6) is 0 Å². The van der Waals surface area contributed by atoms with Crippen molar-refractivity contribution < 1.29 is 0 Å². The molecule has 78 valence electrons. The third kappa shape index (κ3) is 2.34. The predicted octanol–water partition coefficient (Wildman–Crippen LogP) is 0.820. The second kappa shape index (κ2) is 4.41. The van der Waals surface area contributed by atoms with Gasteiger partial charge in [0.05, 0.1) is 5.69 Å². The van der Waals surface area contributed by atoms with E-state index in [2.05, 4.69) is 15.2 Å². The molecule has 0 aliphatic carbocycles. The maximum Gasteiger partial charge on any atom is 0.195 e. The summed E-state index contributed by atoms with van der Waals surface area (Å²) in [5.74, 6) is 0. The lowest BCUT2D eigenvalue weighted by molar-refractivity contribution is 0.788. The van der Waals surface area contributed by atoms with Gasteiger partial charge in [0.25, 0.3) is 0 Å². The molecule has 0 saturated heterocycles. The van der Waals surface area contributed by atoms with Gasteiger partial charge < -0.3 is 10.3 Å². The molecule has 0 atom stereocenters. The van der Waals surface area contributed by atoms with Crippen LogP contribution in [0, 0.1) is 0 Å². The van der Waals surface area contributed by atoms with E-state index in [0.717, 1.165) is 15.7 Å². The quantitative estimate of drug-likeness (QED) is 0.831. The monoisotopic (exact) mass is 221 g/mol. The minimum absolute atomic E-state index is 0.467. The lowest BCUT2D eigenvalue weighted by atomic mass is 10.4. The molecule has 0 aliphatic heterocycles. The fourth-order valence-corrected chi connectivity index (χ4v) is 1.79. The molecule has 2 aromatic heterocycles. The number of hydrogen-bond acceptors (Lipinski definition) is 5. The van der Waals surface area contributed by atoms with Crippen LogP contribution < -0.4 is 5.73 Å². The standard InChI is InChI=1S/C9H11N5S/c1-14-6-12-13-9(14)15-8-3-2-7(4-10)11-5-8/h2-3,5-6H,4,10H2,1H3. The summed E-state index contributed by atoms with van der Waals surface area (Å²) in [6.45, 7) is 0.467. The fraction of sp³-hybridized carbons (Fsp3) is 0.222. The largest absolute Gasteiger partial charge is 0.325 e. The first-order valence-corrected chi connectivity index (χ1v) is 5.28. The summed E-state index contributed by atoms with van der Waals surface area (Å²) in [6, 6.07) is 3.90.